The highest BCUT2D eigenvalue weighted by Crippen LogP contribution is 2.21. The summed E-state index contributed by atoms with van der Waals surface area (Å²) in [5.74, 6) is 0.779. The number of likely N-dealkylation sites (tertiary alicyclic amines) is 1. The van der Waals surface area contributed by atoms with Gasteiger partial charge in [-0.2, -0.15) is 8.78 Å². The van der Waals surface area contributed by atoms with E-state index < -0.39 is 18.3 Å². The number of alkyl carbamates (subject to hydrolysis) is 1. The zero-order valence-electron chi connectivity index (χ0n) is 17.8. The summed E-state index contributed by atoms with van der Waals surface area (Å²) in [5.41, 5.74) is 0.0257. The maximum absolute atomic E-state index is 12.6. The summed E-state index contributed by atoms with van der Waals surface area (Å²) in [7, 11) is 0. The number of ether oxygens (including phenoxy) is 2. The van der Waals surface area contributed by atoms with Crippen molar-refractivity contribution in [1.82, 2.24) is 15.5 Å². The number of guanidine groups is 1. The highest BCUT2D eigenvalue weighted by Gasteiger charge is 2.27. The fourth-order valence-electron chi connectivity index (χ4n) is 2.98. The van der Waals surface area contributed by atoms with Crippen LogP contribution >= 0.6 is 24.0 Å². The maximum Gasteiger partial charge on any atom is 0.407 e. The number of hydrogen-bond donors (Lipinski definition) is 2. The Kier molecular flexibility index (Phi) is 10.6. The van der Waals surface area contributed by atoms with Crippen LogP contribution in [0.1, 0.15) is 39.7 Å². The first-order valence-electron chi connectivity index (χ1n) is 9.73. The predicted octanol–water partition coefficient (Wildman–Crippen LogP) is 3.97. The highest BCUT2D eigenvalue weighted by atomic mass is 127. The van der Waals surface area contributed by atoms with Crippen LogP contribution in [0.25, 0.3) is 0 Å². The second kappa shape index (κ2) is 12.1. The monoisotopic (exact) mass is 540 g/mol. The van der Waals surface area contributed by atoms with Crippen LogP contribution in [-0.2, 0) is 11.3 Å². The molecule has 1 unspecified atom stereocenters. The smallest absolute Gasteiger partial charge is 0.407 e. The van der Waals surface area contributed by atoms with Gasteiger partial charge < -0.3 is 25.0 Å². The first kappa shape index (κ1) is 26.2. The molecule has 0 radical (unpaired) electrons. The Labute approximate surface area is 193 Å². The van der Waals surface area contributed by atoms with E-state index in [2.05, 4.69) is 20.4 Å². The van der Waals surface area contributed by atoms with E-state index in [-0.39, 0.29) is 42.3 Å². The van der Waals surface area contributed by atoms with E-state index in [1.165, 1.54) is 6.07 Å². The molecule has 1 saturated heterocycles. The normalized spacial score (nSPS) is 16.8. The van der Waals surface area contributed by atoms with Crippen LogP contribution in [0.4, 0.5) is 13.6 Å². The van der Waals surface area contributed by atoms with Gasteiger partial charge in [0.25, 0.3) is 0 Å². The number of aliphatic imine (C=N–C) groups is 1. The van der Waals surface area contributed by atoms with Crippen molar-refractivity contribution in [3.63, 3.8) is 0 Å². The van der Waals surface area contributed by atoms with E-state index in [1.807, 2.05) is 32.6 Å². The Bertz CT molecular complexity index is 714. The van der Waals surface area contributed by atoms with Gasteiger partial charge in [-0.1, -0.05) is 18.2 Å². The Morgan fingerprint density at radius 2 is 2.03 bits per heavy atom. The van der Waals surface area contributed by atoms with Crippen molar-refractivity contribution in [3.05, 3.63) is 29.8 Å². The molecule has 1 aliphatic rings. The summed E-state index contributed by atoms with van der Waals surface area (Å²) < 4.78 is 35.1. The van der Waals surface area contributed by atoms with Crippen molar-refractivity contribution in [1.29, 1.82) is 0 Å². The fraction of sp³-hybridized carbons (Fsp3) is 0.600. The molecule has 7 nitrogen and oxygen atoms in total. The largest absolute Gasteiger partial charge is 0.444 e. The lowest BCUT2D eigenvalue weighted by Crippen LogP contribution is -2.44. The lowest BCUT2D eigenvalue weighted by molar-refractivity contribution is -0.0504. The number of halogens is 3. The molecule has 1 heterocycles. The summed E-state index contributed by atoms with van der Waals surface area (Å²) in [6.45, 7) is 6.68. The molecule has 2 rings (SSSR count). The molecule has 170 valence electrons. The molecule has 0 aliphatic carbocycles. The third-order valence-corrected chi connectivity index (χ3v) is 4.13. The van der Waals surface area contributed by atoms with Gasteiger partial charge in [-0.25, -0.2) is 9.79 Å². The number of alkyl halides is 2. The topological polar surface area (TPSA) is 75.2 Å². The Morgan fingerprint density at radius 1 is 1.33 bits per heavy atom. The quantitative estimate of drug-likeness (QED) is 0.325. The molecule has 1 atom stereocenters. The van der Waals surface area contributed by atoms with Crippen LogP contribution in [0.2, 0.25) is 0 Å². The molecule has 1 aromatic rings. The molecule has 0 spiro atoms. The summed E-state index contributed by atoms with van der Waals surface area (Å²) >= 11 is 0. The van der Waals surface area contributed by atoms with E-state index in [0.717, 1.165) is 6.42 Å². The van der Waals surface area contributed by atoms with Crippen molar-refractivity contribution in [2.24, 2.45) is 4.99 Å². The van der Waals surface area contributed by atoms with Crippen molar-refractivity contribution in [2.45, 2.75) is 58.9 Å². The number of rotatable bonds is 6. The average Bonchev–Trinajstić information content (AvgIpc) is 3.05. The molecule has 10 heteroatoms. The lowest BCUT2D eigenvalue weighted by Gasteiger charge is -2.23. The number of para-hydroxylation sites is 1. The highest BCUT2D eigenvalue weighted by molar-refractivity contribution is 14.0. The molecule has 30 heavy (non-hydrogen) atoms. The molecule has 1 aromatic carbocycles. The summed E-state index contributed by atoms with van der Waals surface area (Å²) in [6, 6.07) is 6.56. The second-order valence-electron chi connectivity index (χ2n) is 7.73. The number of carbonyl (C=O) groups excluding carboxylic acids is 1. The maximum atomic E-state index is 12.6. The van der Waals surface area contributed by atoms with E-state index >= 15 is 0 Å². The van der Waals surface area contributed by atoms with Gasteiger partial charge >= 0.3 is 12.7 Å². The summed E-state index contributed by atoms with van der Waals surface area (Å²) in [4.78, 5) is 18.6. The number of nitrogens with one attached hydrogen (secondary N) is 2. The number of hydrogen-bond acceptors (Lipinski definition) is 4. The van der Waals surface area contributed by atoms with Crippen LogP contribution in [0, 0.1) is 0 Å². The first-order valence-corrected chi connectivity index (χ1v) is 9.73. The first-order chi connectivity index (χ1) is 13.7. The Balaban J connectivity index is 0.00000450. The molecule has 0 bridgehead atoms. The van der Waals surface area contributed by atoms with Crippen LogP contribution < -0.4 is 15.4 Å². The van der Waals surface area contributed by atoms with Crippen molar-refractivity contribution < 1.29 is 23.0 Å². The number of carbonyl (C=O) groups is 1. The van der Waals surface area contributed by atoms with Crippen molar-refractivity contribution in [2.75, 3.05) is 19.6 Å². The van der Waals surface area contributed by atoms with Crippen LogP contribution in [-0.4, -0.2) is 54.8 Å². The molecule has 1 amide bonds. The van der Waals surface area contributed by atoms with Crippen molar-refractivity contribution in [3.8, 4) is 5.75 Å². The standard InChI is InChI=1S/C20H30F2N4O3.HI/c1-5-23-18(24-12-14-8-6-7-9-16(14)28-17(21)22)26-11-10-15(13-26)25-19(27)29-20(2,3)4;/h6-9,15,17H,5,10-13H2,1-4H3,(H,23,24)(H,25,27);1H. The number of nitrogens with zero attached hydrogens (tertiary/aromatic N) is 2. The molecule has 0 saturated carbocycles. The van der Waals surface area contributed by atoms with Gasteiger partial charge in [-0.15, -0.1) is 24.0 Å². The van der Waals surface area contributed by atoms with Gasteiger partial charge in [0.2, 0.25) is 0 Å². The average molecular weight is 540 g/mol. The minimum absolute atomic E-state index is 0. The van der Waals surface area contributed by atoms with E-state index in [1.54, 1.807) is 18.2 Å². The minimum Gasteiger partial charge on any atom is -0.444 e. The third kappa shape index (κ3) is 8.88. The molecule has 0 aromatic heterocycles. The number of amides is 1. The molecular weight excluding hydrogens is 509 g/mol. The Hall–Kier alpha value is -1.85. The fourth-order valence-corrected chi connectivity index (χ4v) is 2.98. The summed E-state index contributed by atoms with van der Waals surface area (Å²) in [5, 5.41) is 6.09. The molecule has 2 N–H and O–H groups in total. The van der Waals surface area contributed by atoms with Crippen LogP contribution in [0.15, 0.2) is 29.3 Å². The zero-order chi connectivity index (χ0) is 21.4. The lowest BCUT2D eigenvalue weighted by atomic mass is 10.2. The minimum atomic E-state index is -2.88. The van der Waals surface area contributed by atoms with Gasteiger partial charge in [0, 0.05) is 25.2 Å². The predicted molar refractivity (Wildman–Crippen MR) is 123 cm³/mol. The van der Waals surface area contributed by atoms with Crippen LogP contribution in [0.5, 0.6) is 5.75 Å². The van der Waals surface area contributed by atoms with Gasteiger partial charge in [-0.3, -0.25) is 0 Å². The number of benzene rings is 1. The van der Waals surface area contributed by atoms with Crippen molar-refractivity contribution >= 4 is 36.0 Å². The van der Waals surface area contributed by atoms with Crippen LogP contribution in [0.3, 0.4) is 0 Å². The molecule has 1 aliphatic heterocycles. The van der Waals surface area contributed by atoms with E-state index in [4.69, 9.17) is 4.74 Å². The zero-order valence-corrected chi connectivity index (χ0v) is 20.1. The van der Waals surface area contributed by atoms with Gasteiger partial charge in [0.05, 0.1) is 12.6 Å². The van der Waals surface area contributed by atoms with Gasteiger partial charge in [-0.05, 0) is 40.2 Å². The molecular formula is C20H31F2IN4O3. The van der Waals surface area contributed by atoms with Gasteiger partial charge in [0.1, 0.15) is 11.4 Å². The molecule has 1 fully saturated rings. The SMILES string of the molecule is CCNC(=NCc1ccccc1OC(F)F)N1CCC(NC(=O)OC(C)(C)C)C1.I. The van der Waals surface area contributed by atoms with E-state index in [9.17, 15) is 13.6 Å². The summed E-state index contributed by atoms with van der Waals surface area (Å²) in [6.07, 6.45) is 0.318. The Morgan fingerprint density at radius 3 is 2.67 bits per heavy atom. The van der Waals surface area contributed by atoms with Gasteiger partial charge in [0.15, 0.2) is 5.96 Å². The third-order valence-electron chi connectivity index (χ3n) is 4.13. The van der Waals surface area contributed by atoms with E-state index in [0.29, 0.717) is 31.2 Å². The second-order valence-corrected chi connectivity index (χ2v) is 7.73.